The van der Waals surface area contributed by atoms with Crippen molar-refractivity contribution in [3.8, 4) is 17.0 Å². The molecule has 1 fully saturated rings. The van der Waals surface area contributed by atoms with Gasteiger partial charge in [0.15, 0.2) is 5.13 Å². The van der Waals surface area contributed by atoms with E-state index in [-0.39, 0.29) is 24.3 Å². The number of carbonyl (C=O) groups excluding carboxylic acids is 2. The Hall–Kier alpha value is -2.41. The van der Waals surface area contributed by atoms with E-state index < -0.39 is 0 Å². The van der Waals surface area contributed by atoms with E-state index in [2.05, 4.69) is 15.6 Å². The molecule has 1 aromatic carbocycles. The summed E-state index contributed by atoms with van der Waals surface area (Å²) in [6.45, 7) is 2.48. The highest BCUT2D eigenvalue weighted by Crippen LogP contribution is 2.32. The van der Waals surface area contributed by atoms with Gasteiger partial charge >= 0.3 is 0 Å². The van der Waals surface area contributed by atoms with E-state index >= 15 is 0 Å². The fourth-order valence-corrected chi connectivity index (χ4v) is 3.80. The van der Waals surface area contributed by atoms with E-state index in [9.17, 15) is 9.59 Å². The molecule has 138 valence electrons. The van der Waals surface area contributed by atoms with Crippen molar-refractivity contribution < 1.29 is 14.3 Å². The second-order valence-electron chi connectivity index (χ2n) is 6.21. The lowest BCUT2D eigenvalue weighted by atomic mass is 10.1. The Morgan fingerprint density at radius 2 is 2.04 bits per heavy atom. The molecule has 2 aromatic rings. The van der Waals surface area contributed by atoms with Gasteiger partial charge in [0.1, 0.15) is 5.75 Å². The highest BCUT2D eigenvalue weighted by molar-refractivity contribution is 7.14. The van der Waals surface area contributed by atoms with Crippen LogP contribution in [0.2, 0.25) is 0 Å². The van der Waals surface area contributed by atoms with Crippen LogP contribution in [0.25, 0.3) is 11.3 Å². The first kappa shape index (κ1) is 18.4. The van der Waals surface area contributed by atoms with Crippen LogP contribution in [0.1, 0.15) is 32.6 Å². The third kappa shape index (κ3) is 4.60. The smallest absolute Gasteiger partial charge is 0.245 e. The Bertz CT molecular complexity index is 769. The predicted octanol–water partition coefficient (Wildman–Crippen LogP) is 3.45. The van der Waals surface area contributed by atoms with Crippen LogP contribution in [-0.2, 0) is 9.59 Å². The van der Waals surface area contributed by atoms with E-state index in [0.717, 1.165) is 42.7 Å². The summed E-state index contributed by atoms with van der Waals surface area (Å²) in [4.78, 5) is 28.5. The molecule has 7 heteroatoms. The summed E-state index contributed by atoms with van der Waals surface area (Å²) in [5, 5.41) is 7.84. The molecule has 0 aliphatic heterocycles. The second kappa shape index (κ2) is 8.80. The van der Waals surface area contributed by atoms with Gasteiger partial charge in [0, 0.05) is 16.9 Å². The Morgan fingerprint density at radius 3 is 2.81 bits per heavy atom. The number of para-hydroxylation sites is 1. The number of anilines is 1. The lowest BCUT2D eigenvalue weighted by Crippen LogP contribution is -2.36. The number of ether oxygens (including phenoxy) is 1. The van der Waals surface area contributed by atoms with Crippen LogP contribution in [0.4, 0.5) is 5.13 Å². The number of thiazole rings is 1. The van der Waals surface area contributed by atoms with Gasteiger partial charge in [-0.2, -0.15) is 0 Å². The quantitative estimate of drug-likeness (QED) is 0.779. The summed E-state index contributed by atoms with van der Waals surface area (Å²) < 4.78 is 5.63. The van der Waals surface area contributed by atoms with Gasteiger partial charge in [-0.25, -0.2) is 4.98 Å². The first-order chi connectivity index (χ1) is 12.7. The molecule has 0 radical (unpaired) electrons. The molecule has 2 N–H and O–H groups in total. The van der Waals surface area contributed by atoms with Gasteiger partial charge in [-0.1, -0.05) is 25.0 Å². The van der Waals surface area contributed by atoms with Crippen LogP contribution in [0.5, 0.6) is 5.75 Å². The van der Waals surface area contributed by atoms with Gasteiger partial charge in [0.25, 0.3) is 0 Å². The standard InChI is InChI=1S/C19H23N3O3S/c1-2-25-16-10-6-5-9-14(16)15-12-26-19(21-15)22-17(23)11-20-18(24)13-7-3-4-8-13/h5-6,9-10,12-13H,2-4,7-8,11H2,1H3,(H,20,24)(H,21,22,23). The molecule has 3 rings (SSSR count). The maximum Gasteiger partial charge on any atom is 0.245 e. The molecule has 26 heavy (non-hydrogen) atoms. The minimum Gasteiger partial charge on any atom is -0.493 e. The molecule has 0 unspecified atom stereocenters. The van der Waals surface area contributed by atoms with Crippen LogP contribution in [-0.4, -0.2) is 29.9 Å². The molecule has 1 heterocycles. The third-order valence-corrected chi connectivity index (χ3v) is 5.12. The fourth-order valence-electron chi connectivity index (χ4n) is 3.08. The normalized spacial score (nSPS) is 14.2. The van der Waals surface area contributed by atoms with Crippen LogP contribution in [0.15, 0.2) is 29.6 Å². The van der Waals surface area contributed by atoms with Crippen molar-refractivity contribution in [1.29, 1.82) is 0 Å². The maximum absolute atomic E-state index is 12.1. The van der Waals surface area contributed by atoms with Crippen molar-refractivity contribution in [2.45, 2.75) is 32.6 Å². The zero-order chi connectivity index (χ0) is 18.4. The zero-order valence-corrected chi connectivity index (χ0v) is 15.6. The monoisotopic (exact) mass is 373 g/mol. The van der Waals surface area contributed by atoms with E-state index in [0.29, 0.717) is 11.7 Å². The molecule has 1 aliphatic rings. The van der Waals surface area contributed by atoms with Crippen molar-refractivity contribution >= 4 is 28.3 Å². The number of benzene rings is 1. The van der Waals surface area contributed by atoms with Crippen molar-refractivity contribution in [3.63, 3.8) is 0 Å². The predicted molar refractivity (Wildman–Crippen MR) is 102 cm³/mol. The van der Waals surface area contributed by atoms with Crippen molar-refractivity contribution in [3.05, 3.63) is 29.6 Å². The Morgan fingerprint density at radius 1 is 1.27 bits per heavy atom. The zero-order valence-electron chi connectivity index (χ0n) is 14.8. The summed E-state index contributed by atoms with van der Waals surface area (Å²) in [5.41, 5.74) is 1.64. The van der Waals surface area contributed by atoms with E-state index in [1.165, 1.54) is 11.3 Å². The van der Waals surface area contributed by atoms with E-state index in [1.54, 1.807) is 0 Å². The average Bonchev–Trinajstić information content (AvgIpc) is 3.32. The van der Waals surface area contributed by atoms with Crippen LogP contribution < -0.4 is 15.4 Å². The molecular formula is C19H23N3O3S. The highest BCUT2D eigenvalue weighted by Gasteiger charge is 2.22. The third-order valence-electron chi connectivity index (χ3n) is 4.36. The second-order valence-corrected chi connectivity index (χ2v) is 7.07. The summed E-state index contributed by atoms with van der Waals surface area (Å²) in [7, 11) is 0. The molecular weight excluding hydrogens is 350 g/mol. The molecule has 0 spiro atoms. The van der Waals surface area contributed by atoms with Crippen LogP contribution >= 0.6 is 11.3 Å². The lowest BCUT2D eigenvalue weighted by molar-refractivity contribution is -0.127. The molecule has 0 bridgehead atoms. The van der Waals surface area contributed by atoms with Gasteiger partial charge in [0.2, 0.25) is 11.8 Å². The molecule has 2 amide bonds. The molecule has 6 nitrogen and oxygen atoms in total. The average molecular weight is 373 g/mol. The fraction of sp³-hybridized carbons (Fsp3) is 0.421. The number of amides is 2. The topological polar surface area (TPSA) is 80.3 Å². The van der Waals surface area contributed by atoms with Crippen LogP contribution in [0.3, 0.4) is 0 Å². The first-order valence-electron chi connectivity index (χ1n) is 8.92. The van der Waals surface area contributed by atoms with Crippen molar-refractivity contribution in [1.82, 2.24) is 10.3 Å². The van der Waals surface area contributed by atoms with Gasteiger partial charge in [0.05, 0.1) is 18.8 Å². The SMILES string of the molecule is CCOc1ccccc1-c1csc(NC(=O)CNC(=O)C2CCCC2)n1. The number of hydrogen-bond acceptors (Lipinski definition) is 5. The first-order valence-corrected chi connectivity index (χ1v) is 9.80. The molecule has 1 aliphatic carbocycles. The van der Waals surface area contributed by atoms with Gasteiger partial charge in [-0.05, 0) is 31.9 Å². The lowest BCUT2D eigenvalue weighted by Gasteiger charge is -2.09. The van der Waals surface area contributed by atoms with Gasteiger partial charge in [-0.3, -0.25) is 9.59 Å². The molecule has 0 saturated heterocycles. The van der Waals surface area contributed by atoms with Crippen LogP contribution in [0, 0.1) is 5.92 Å². The van der Waals surface area contributed by atoms with Crippen molar-refractivity contribution in [2.75, 3.05) is 18.5 Å². The molecule has 1 aromatic heterocycles. The largest absolute Gasteiger partial charge is 0.493 e. The molecule has 0 atom stereocenters. The number of hydrogen-bond donors (Lipinski definition) is 2. The Kier molecular flexibility index (Phi) is 6.22. The summed E-state index contributed by atoms with van der Waals surface area (Å²) in [6.07, 6.45) is 4.02. The highest BCUT2D eigenvalue weighted by atomic mass is 32.1. The number of rotatable bonds is 7. The summed E-state index contributed by atoms with van der Waals surface area (Å²) in [5.74, 6) is 0.532. The minimum atomic E-state index is -0.268. The number of carbonyl (C=O) groups is 2. The number of aromatic nitrogens is 1. The Balaban J connectivity index is 1.56. The molecule has 1 saturated carbocycles. The van der Waals surface area contributed by atoms with Gasteiger partial charge in [-0.15, -0.1) is 11.3 Å². The van der Waals surface area contributed by atoms with E-state index in [1.807, 2.05) is 36.6 Å². The minimum absolute atomic E-state index is 0.0249. The number of nitrogens with zero attached hydrogens (tertiary/aromatic N) is 1. The van der Waals surface area contributed by atoms with Gasteiger partial charge < -0.3 is 15.4 Å². The van der Waals surface area contributed by atoms with E-state index in [4.69, 9.17) is 4.74 Å². The summed E-state index contributed by atoms with van der Waals surface area (Å²) in [6, 6.07) is 7.67. The maximum atomic E-state index is 12.1. The Labute approximate surface area is 157 Å². The number of nitrogens with one attached hydrogen (secondary N) is 2. The van der Waals surface area contributed by atoms with Crippen molar-refractivity contribution in [2.24, 2.45) is 5.92 Å². The summed E-state index contributed by atoms with van der Waals surface area (Å²) >= 11 is 1.35.